The van der Waals surface area contributed by atoms with E-state index in [4.69, 9.17) is 21.1 Å². The number of amides is 1. The topological polar surface area (TPSA) is 47.6 Å². The summed E-state index contributed by atoms with van der Waals surface area (Å²) in [4.78, 5) is 11.8. The Kier molecular flexibility index (Phi) is 6.10. The van der Waals surface area contributed by atoms with Crippen LogP contribution >= 0.6 is 11.6 Å². The van der Waals surface area contributed by atoms with E-state index < -0.39 is 0 Å². The van der Waals surface area contributed by atoms with Crippen LogP contribution in [0.25, 0.3) is 0 Å². The van der Waals surface area contributed by atoms with E-state index in [0.717, 1.165) is 12.2 Å². The number of hydrogen-bond donors (Lipinski definition) is 1. The average Bonchev–Trinajstić information content (AvgIpc) is 2.52. The van der Waals surface area contributed by atoms with Gasteiger partial charge in [-0.15, -0.1) is 0 Å². The summed E-state index contributed by atoms with van der Waals surface area (Å²) in [6.07, 6.45) is 0.960. The number of rotatable bonds is 7. The minimum absolute atomic E-state index is 0.0678. The highest BCUT2D eigenvalue weighted by atomic mass is 35.5. The van der Waals surface area contributed by atoms with Crippen LogP contribution in [0.2, 0.25) is 5.02 Å². The van der Waals surface area contributed by atoms with Gasteiger partial charge in [0, 0.05) is 10.7 Å². The number of halogens is 1. The van der Waals surface area contributed by atoms with Crippen LogP contribution in [0, 0.1) is 0 Å². The molecular formula is C17H18ClNO3. The number of carbonyl (C=O) groups is 1. The van der Waals surface area contributed by atoms with E-state index in [1.54, 1.807) is 36.4 Å². The minimum Gasteiger partial charge on any atom is -0.494 e. The fraction of sp³-hybridized carbons (Fsp3) is 0.235. The molecule has 0 heterocycles. The second-order valence-corrected chi connectivity index (χ2v) is 5.10. The van der Waals surface area contributed by atoms with E-state index in [1.807, 2.05) is 12.1 Å². The SMILES string of the molecule is CCCOc1ccc(OCC(=O)Nc2cccc(Cl)c2)cc1. The number of nitrogens with one attached hydrogen (secondary N) is 1. The predicted molar refractivity (Wildman–Crippen MR) is 87.8 cm³/mol. The Labute approximate surface area is 135 Å². The predicted octanol–water partition coefficient (Wildman–Crippen LogP) is 4.15. The van der Waals surface area contributed by atoms with Crippen molar-refractivity contribution in [2.45, 2.75) is 13.3 Å². The van der Waals surface area contributed by atoms with Crippen LogP contribution in [0.1, 0.15) is 13.3 Å². The van der Waals surface area contributed by atoms with Crippen molar-refractivity contribution in [1.29, 1.82) is 0 Å². The summed E-state index contributed by atoms with van der Waals surface area (Å²) >= 11 is 5.86. The Bertz CT molecular complexity index is 614. The lowest BCUT2D eigenvalue weighted by atomic mass is 10.3. The number of benzene rings is 2. The first-order chi connectivity index (χ1) is 10.7. The molecule has 0 bridgehead atoms. The molecule has 0 radical (unpaired) electrons. The van der Waals surface area contributed by atoms with Crippen molar-refractivity contribution in [3.8, 4) is 11.5 Å². The monoisotopic (exact) mass is 319 g/mol. The third-order valence-electron chi connectivity index (χ3n) is 2.77. The van der Waals surface area contributed by atoms with Gasteiger partial charge in [0.15, 0.2) is 6.61 Å². The minimum atomic E-state index is -0.242. The second-order valence-electron chi connectivity index (χ2n) is 4.67. The first-order valence-corrected chi connectivity index (χ1v) is 7.46. The molecule has 0 aliphatic carbocycles. The molecular weight excluding hydrogens is 302 g/mol. The van der Waals surface area contributed by atoms with Gasteiger partial charge in [-0.2, -0.15) is 0 Å². The highest BCUT2D eigenvalue weighted by molar-refractivity contribution is 6.30. The van der Waals surface area contributed by atoms with Crippen molar-refractivity contribution in [2.75, 3.05) is 18.5 Å². The van der Waals surface area contributed by atoms with Crippen LogP contribution in [-0.2, 0) is 4.79 Å². The molecule has 0 aliphatic rings. The van der Waals surface area contributed by atoms with Crippen molar-refractivity contribution < 1.29 is 14.3 Å². The molecule has 22 heavy (non-hydrogen) atoms. The molecule has 0 unspecified atom stereocenters. The maximum atomic E-state index is 11.8. The normalized spacial score (nSPS) is 10.1. The van der Waals surface area contributed by atoms with E-state index in [2.05, 4.69) is 12.2 Å². The molecule has 0 fully saturated rings. The molecule has 4 nitrogen and oxygen atoms in total. The summed E-state index contributed by atoms with van der Waals surface area (Å²) < 4.78 is 10.9. The van der Waals surface area contributed by atoms with E-state index in [-0.39, 0.29) is 12.5 Å². The van der Waals surface area contributed by atoms with E-state index in [1.165, 1.54) is 0 Å². The number of hydrogen-bond acceptors (Lipinski definition) is 3. The summed E-state index contributed by atoms with van der Waals surface area (Å²) in [6.45, 7) is 2.67. The largest absolute Gasteiger partial charge is 0.494 e. The Morgan fingerprint density at radius 1 is 1.09 bits per heavy atom. The summed E-state index contributed by atoms with van der Waals surface area (Å²) in [5.41, 5.74) is 0.643. The smallest absolute Gasteiger partial charge is 0.262 e. The average molecular weight is 320 g/mol. The van der Waals surface area contributed by atoms with Gasteiger partial charge in [0.25, 0.3) is 5.91 Å². The van der Waals surface area contributed by atoms with Crippen molar-refractivity contribution in [3.63, 3.8) is 0 Å². The lowest BCUT2D eigenvalue weighted by Crippen LogP contribution is -2.20. The van der Waals surface area contributed by atoms with Gasteiger partial charge in [-0.25, -0.2) is 0 Å². The molecule has 2 rings (SSSR count). The second kappa shape index (κ2) is 8.29. The van der Waals surface area contributed by atoms with Crippen molar-refractivity contribution in [2.24, 2.45) is 0 Å². The highest BCUT2D eigenvalue weighted by Gasteiger charge is 2.04. The molecule has 0 aliphatic heterocycles. The van der Waals surface area contributed by atoms with Crippen molar-refractivity contribution in [1.82, 2.24) is 0 Å². The van der Waals surface area contributed by atoms with Gasteiger partial charge < -0.3 is 14.8 Å². The molecule has 5 heteroatoms. The first kappa shape index (κ1) is 16.2. The van der Waals surface area contributed by atoms with E-state index in [0.29, 0.717) is 23.1 Å². The fourth-order valence-electron chi connectivity index (χ4n) is 1.76. The maximum absolute atomic E-state index is 11.8. The molecule has 0 aromatic heterocycles. The van der Waals surface area contributed by atoms with Crippen molar-refractivity contribution in [3.05, 3.63) is 53.6 Å². The van der Waals surface area contributed by atoms with Gasteiger partial charge in [0.1, 0.15) is 11.5 Å². The van der Waals surface area contributed by atoms with Crippen LogP contribution in [0.3, 0.4) is 0 Å². The number of anilines is 1. The molecule has 0 atom stereocenters. The lowest BCUT2D eigenvalue weighted by molar-refractivity contribution is -0.118. The maximum Gasteiger partial charge on any atom is 0.262 e. The van der Waals surface area contributed by atoms with Crippen LogP contribution < -0.4 is 14.8 Å². The quantitative estimate of drug-likeness (QED) is 0.834. The summed E-state index contributed by atoms with van der Waals surface area (Å²) in [7, 11) is 0. The standard InChI is InChI=1S/C17H18ClNO3/c1-2-10-21-15-6-8-16(9-7-15)22-12-17(20)19-14-5-3-4-13(18)11-14/h3-9,11H,2,10,12H2,1H3,(H,19,20). The molecule has 0 saturated carbocycles. The third-order valence-corrected chi connectivity index (χ3v) is 3.01. The molecule has 0 spiro atoms. The van der Waals surface area contributed by atoms with Crippen LogP contribution in [0.5, 0.6) is 11.5 Å². The summed E-state index contributed by atoms with van der Waals surface area (Å²) in [5.74, 6) is 1.16. The Balaban J connectivity index is 1.80. The zero-order valence-corrected chi connectivity index (χ0v) is 13.1. The Hall–Kier alpha value is -2.20. The molecule has 116 valence electrons. The van der Waals surface area contributed by atoms with Gasteiger partial charge in [-0.3, -0.25) is 4.79 Å². The molecule has 0 saturated heterocycles. The van der Waals surface area contributed by atoms with E-state index >= 15 is 0 Å². The molecule has 2 aromatic carbocycles. The van der Waals surface area contributed by atoms with Crippen LogP contribution in [0.15, 0.2) is 48.5 Å². The van der Waals surface area contributed by atoms with Crippen molar-refractivity contribution >= 4 is 23.2 Å². The van der Waals surface area contributed by atoms with Gasteiger partial charge in [-0.1, -0.05) is 24.6 Å². The van der Waals surface area contributed by atoms with Crippen LogP contribution in [0.4, 0.5) is 5.69 Å². The zero-order valence-electron chi connectivity index (χ0n) is 12.3. The molecule has 1 N–H and O–H groups in total. The molecule has 1 amide bonds. The lowest BCUT2D eigenvalue weighted by Gasteiger charge is -2.09. The molecule has 2 aromatic rings. The Morgan fingerprint density at radius 2 is 1.77 bits per heavy atom. The van der Waals surface area contributed by atoms with Gasteiger partial charge in [0.05, 0.1) is 6.61 Å². The van der Waals surface area contributed by atoms with Crippen LogP contribution in [-0.4, -0.2) is 19.1 Å². The summed E-state index contributed by atoms with van der Waals surface area (Å²) in [6, 6.07) is 14.2. The van der Waals surface area contributed by atoms with Gasteiger partial charge >= 0.3 is 0 Å². The third kappa shape index (κ3) is 5.30. The zero-order chi connectivity index (χ0) is 15.8. The van der Waals surface area contributed by atoms with E-state index in [9.17, 15) is 4.79 Å². The number of ether oxygens (including phenoxy) is 2. The first-order valence-electron chi connectivity index (χ1n) is 7.08. The fourth-order valence-corrected chi connectivity index (χ4v) is 1.95. The summed E-state index contributed by atoms with van der Waals surface area (Å²) in [5, 5.41) is 3.29. The number of carbonyl (C=O) groups excluding carboxylic acids is 1. The highest BCUT2D eigenvalue weighted by Crippen LogP contribution is 2.18. The Morgan fingerprint density at radius 3 is 2.41 bits per heavy atom. The van der Waals surface area contributed by atoms with Gasteiger partial charge in [-0.05, 0) is 48.9 Å². The van der Waals surface area contributed by atoms with Gasteiger partial charge in [0.2, 0.25) is 0 Å².